The van der Waals surface area contributed by atoms with E-state index in [9.17, 15) is 4.79 Å². The zero-order chi connectivity index (χ0) is 22.0. The molecule has 1 atom stereocenters. The first kappa shape index (κ1) is 23.3. The van der Waals surface area contributed by atoms with Crippen LogP contribution < -0.4 is 5.32 Å². The van der Waals surface area contributed by atoms with Gasteiger partial charge in [0.1, 0.15) is 0 Å². The minimum atomic E-state index is -0.784. The molecule has 0 saturated carbocycles. The lowest BCUT2D eigenvalue weighted by molar-refractivity contribution is -0.137. The topological polar surface area (TPSA) is 160 Å². The van der Waals surface area contributed by atoms with E-state index in [1.807, 2.05) is 17.1 Å². The molecule has 12 nitrogen and oxygen atoms in total. The number of carboxylic acid groups (broad SMARTS) is 1. The molecule has 2 heterocycles. The van der Waals surface area contributed by atoms with E-state index >= 15 is 0 Å². The Morgan fingerprint density at radius 1 is 1.27 bits per heavy atom. The number of aromatic nitrogens is 6. The number of aryl methyl sites for hydroxylation is 1. The van der Waals surface area contributed by atoms with E-state index in [1.54, 1.807) is 4.68 Å². The van der Waals surface area contributed by atoms with Crippen LogP contribution >= 0.6 is 0 Å². The third-order valence-electron chi connectivity index (χ3n) is 4.51. The Bertz CT molecular complexity index is 847. The van der Waals surface area contributed by atoms with Gasteiger partial charge in [0.15, 0.2) is 0 Å². The number of unbranched alkanes of at least 4 members (excludes halogenated alkanes) is 1. The van der Waals surface area contributed by atoms with Crippen molar-refractivity contribution in [3.63, 3.8) is 0 Å². The average molecular weight is 419 g/mol. The summed E-state index contributed by atoms with van der Waals surface area (Å²) in [6.07, 6.45) is 6.77. The van der Waals surface area contributed by atoms with Crippen molar-refractivity contribution in [2.24, 2.45) is 5.11 Å². The Hall–Kier alpha value is -2.98. The van der Waals surface area contributed by atoms with Gasteiger partial charge in [0.25, 0.3) is 0 Å². The Balaban J connectivity index is 1.94. The van der Waals surface area contributed by atoms with E-state index in [1.165, 1.54) is 0 Å². The normalized spacial score (nSPS) is 12.5. The SMILES string of the molecule is CC(C)(C)n1cc(C(CCCN=[N+]=[N-])NCc2cn(CCCCC(=O)O)nn2)nn1. The molecule has 0 saturated heterocycles. The van der Waals surface area contributed by atoms with E-state index in [0.29, 0.717) is 26.1 Å². The van der Waals surface area contributed by atoms with E-state index in [2.05, 4.69) is 56.7 Å². The number of carbonyl (C=O) groups is 1. The molecule has 12 heteroatoms. The average Bonchev–Trinajstić information content (AvgIpc) is 3.34. The van der Waals surface area contributed by atoms with Gasteiger partial charge in [-0.05, 0) is 52.0 Å². The van der Waals surface area contributed by atoms with Gasteiger partial charge in [-0.3, -0.25) is 9.48 Å². The second-order valence-corrected chi connectivity index (χ2v) is 8.11. The lowest BCUT2D eigenvalue weighted by atomic mass is 10.1. The molecule has 2 aromatic rings. The Labute approximate surface area is 175 Å². The molecule has 0 bridgehead atoms. The predicted octanol–water partition coefficient (Wildman–Crippen LogP) is 2.80. The number of nitrogens with one attached hydrogen (secondary N) is 1. The van der Waals surface area contributed by atoms with Crippen molar-refractivity contribution in [2.45, 2.75) is 77.5 Å². The maximum absolute atomic E-state index is 10.6. The summed E-state index contributed by atoms with van der Waals surface area (Å²) in [5, 5.41) is 32.6. The fourth-order valence-electron chi connectivity index (χ4n) is 2.84. The van der Waals surface area contributed by atoms with Crippen molar-refractivity contribution < 1.29 is 9.90 Å². The number of carboxylic acids is 1. The number of rotatable bonds is 13. The zero-order valence-corrected chi connectivity index (χ0v) is 17.8. The molecule has 30 heavy (non-hydrogen) atoms. The highest BCUT2D eigenvalue weighted by Crippen LogP contribution is 2.20. The third kappa shape index (κ3) is 7.80. The largest absolute Gasteiger partial charge is 0.481 e. The highest BCUT2D eigenvalue weighted by Gasteiger charge is 2.20. The quantitative estimate of drug-likeness (QED) is 0.219. The molecule has 0 aliphatic carbocycles. The van der Waals surface area contributed by atoms with Crippen molar-refractivity contribution in [3.8, 4) is 0 Å². The number of aliphatic carboxylic acids is 1. The predicted molar refractivity (Wildman–Crippen MR) is 109 cm³/mol. The molecule has 0 aromatic carbocycles. The molecule has 2 aromatic heterocycles. The van der Waals surface area contributed by atoms with Crippen LogP contribution in [0.25, 0.3) is 10.4 Å². The van der Waals surface area contributed by atoms with Gasteiger partial charge in [0, 0.05) is 37.2 Å². The molecule has 164 valence electrons. The van der Waals surface area contributed by atoms with Gasteiger partial charge in [0.05, 0.1) is 29.2 Å². The lowest BCUT2D eigenvalue weighted by Crippen LogP contribution is -2.23. The Kier molecular flexibility index (Phi) is 8.75. The van der Waals surface area contributed by atoms with Crippen LogP contribution in [0, 0.1) is 0 Å². The standard InChI is InChI=1S/C18H30N10O2/c1-18(2,3)28-13-16(23-26-28)15(7-6-9-21-24-19)20-11-14-12-27(25-22-14)10-5-4-8-17(29)30/h12-13,15,20H,4-11H2,1-3H3,(H,29,30). The van der Waals surface area contributed by atoms with Crippen LogP contribution in [0.5, 0.6) is 0 Å². The molecule has 0 amide bonds. The van der Waals surface area contributed by atoms with E-state index in [0.717, 1.165) is 30.7 Å². The van der Waals surface area contributed by atoms with Crippen molar-refractivity contribution in [1.82, 2.24) is 35.3 Å². The molecule has 0 fully saturated rings. The van der Waals surface area contributed by atoms with E-state index in [-0.39, 0.29) is 18.0 Å². The van der Waals surface area contributed by atoms with E-state index < -0.39 is 5.97 Å². The van der Waals surface area contributed by atoms with Crippen LogP contribution in [0.2, 0.25) is 0 Å². The van der Waals surface area contributed by atoms with Crippen molar-refractivity contribution in [1.29, 1.82) is 0 Å². The molecule has 2 N–H and O–H groups in total. The number of nitrogens with zero attached hydrogens (tertiary/aromatic N) is 9. The first-order valence-corrected chi connectivity index (χ1v) is 10.1. The van der Waals surface area contributed by atoms with Gasteiger partial charge >= 0.3 is 5.97 Å². The lowest BCUT2D eigenvalue weighted by Gasteiger charge is -2.18. The molecular formula is C18H30N10O2. The molecule has 2 rings (SSSR count). The van der Waals surface area contributed by atoms with Crippen molar-refractivity contribution in [3.05, 3.63) is 34.2 Å². The third-order valence-corrected chi connectivity index (χ3v) is 4.51. The summed E-state index contributed by atoms with van der Waals surface area (Å²) < 4.78 is 3.56. The molecule has 0 spiro atoms. The van der Waals surface area contributed by atoms with Crippen LogP contribution in [0.4, 0.5) is 0 Å². The fraction of sp³-hybridized carbons (Fsp3) is 0.722. The monoisotopic (exact) mass is 418 g/mol. The zero-order valence-electron chi connectivity index (χ0n) is 17.8. The Morgan fingerprint density at radius 2 is 2.07 bits per heavy atom. The number of azide groups is 1. The van der Waals surface area contributed by atoms with Crippen molar-refractivity contribution >= 4 is 5.97 Å². The summed E-state index contributed by atoms with van der Waals surface area (Å²) in [5.74, 6) is -0.784. The second kappa shape index (κ2) is 11.3. The van der Waals surface area contributed by atoms with Crippen LogP contribution in [0.1, 0.15) is 70.3 Å². The highest BCUT2D eigenvalue weighted by molar-refractivity contribution is 5.66. The first-order valence-electron chi connectivity index (χ1n) is 10.1. The second-order valence-electron chi connectivity index (χ2n) is 8.11. The smallest absolute Gasteiger partial charge is 0.303 e. The van der Waals surface area contributed by atoms with Crippen molar-refractivity contribution in [2.75, 3.05) is 6.54 Å². The molecule has 0 radical (unpaired) electrons. The van der Waals surface area contributed by atoms with Gasteiger partial charge < -0.3 is 10.4 Å². The van der Waals surface area contributed by atoms with Gasteiger partial charge in [-0.2, -0.15) is 0 Å². The summed E-state index contributed by atoms with van der Waals surface area (Å²) in [6, 6.07) is -0.0595. The molecular weight excluding hydrogens is 388 g/mol. The van der Waals surface area contributed by atoms with Gasteiger partial charge in [-0.25, -0.2) is 4.68 Å². The fourth-order valence-corrected chi connectivity index (χ4v) is 2.84. The van der Waals surface area contributed by atoms with Gasteiger partial charge in [-0.1, -0.05) is 15.5 Å². The van der Waals surface area contributed by atoms with Gasteiger partial charge in [0.2, 0.25) is 0 Å². The minimum Gasteiger partial charge on any atom is -0.481 e. The molecule has 1 unspecified atom stereocenters. The maximum atomic E-state index is 10.6. The Morgan fingerprint density at radius 3 is 2.73 bits per heavy atom. The maximum Gasteiger partial charge on any atom is 0.303 e. The van der Waals surface area contributed by atoms with Crippen LogP contribution in [0.15, 0.2) is 17.5 Å². The van der Waals surface area contributed by atoms with Crippen LogP contribution in [-0.4, -0.2) is 47.6 Å². The van der Waals surface area contributed by atoms with Gasteiger partial charge in [-0.15, -0.1) is 10.2 Å². The summed E-state index contributed by atoms with van der Waals surface area (Å²) in [5.41, 5.74) is 9.92. The summed E-state index contributed by atoms with van der Waals surface area (Å²) in [6.45, 7) is 7.74. The van der Waals surface area contributed by atoms with Crippen LogP contribution in [0.3, 0.4) is 0 Å². The van der Waals surface area contributed by atoms with E-state index in [4.69, 9.17) is 10.6 Å². The number of hydrogen-bond donors (Lipinski definition) is 2. The number of hydrogen-bond acceptors (Lipinski definition) is 7. The first-order chi connectivity index (χ1) is 14.3. The highest BCUT2D eigenvalue weighted by atomic mass is 16.4. The summed E-state index contributed by atoms with van der Waals surface area (Å²) >= 11 is 0. The summed E-state index contributed by atoms with van der Waals surface area (Å²) in [7, 11) is 0. The molecule has 0 aliphatic rings. The van der Waals surface area contributed by atoms with Crippen LogP contribution in [-0.2, 0) is 23.4 Å². The molecule has 0 aliphatic heterocycles. The minimum absolute atomic E-state index is 0.0595. The summed E-state index contributed by atoms with van der Waals surface area (Å²) in [4.78, 5) is 13.4.